The van der Waals surface area contributed by atoms with E-state index in [1.807, 2.05) is 0 Å². The monoisotopic (exact) mass is 222 g/mol. The van der Waals surface area contributed by atoms with Gasteiger partial charge in [0.05, 0.1) is 12.5 Å². The first-order valence-corrected chi connectivity index (χ1v) is 4.58. The molecule has 0 radical (unpaired) electrons. The van der Waals surface area contributed by atoms with E-state index in [1.165, 1.54) is 19.2 Å². The molecular weight excluding hydrogens is 212 g/mol. The molecule has 2 aromatic rings. The number of benzene rings is 1. The zero-order chi connectivity index (χ0) is 11.9. The number of ether oxygens (including phenoxy) is 1. The Morgan fingerprint density at radius 2 is 2.00 bits per heavy atom. The molecule has 0 aliphatic carbocycles. The second kappa shape index (κ2) is 3.44. The topological polar surface area (TPSA) is 79.9 Å². The van der Waals surface area contributed by atoms with Crippen molar-refractivity contribution in [1.82, 2.24) is 0 Å². The van der Waals surface area contributed by atoms with E-state index in [1.54, 1.807) is 6.92 Å². The Morgan fingerprint density at radius 3 is 2.62 bits per heavy atom. The zero-order valence-electron chi connectivity index (χ0n) is 8.77. The summed E-state index contributed by atoms with van der Waals surface area (Å²) < 4.78 is 9.69. The fraction of sp³-hybridized carbons (Fsp3) is 0.182. The Kier molecular flexibility index (Phi) is 2.23. The highest BCUT2D eigenvalue weighted by atomic mass is 16.5. The minimum Gasteiger partial charge on any atom is -0.507 e. The van der Waals surface area contributed by atoms with Crippen LogP contribution in [0.25, 0.3) is 11.0 Å². The summed E-state index contributed by atoms with van der Waals surface area (Å²) in [5, 5.41) is 19.8. The maximum atomic E-state index is 11.2. The molecular formula is C11H10O5. The lowest BCUT2D eigenvalue weighted by Gasteiger charge is -2.08. The van der Waals surface area contributed by atoms with Gasteiger partial charge in [-0.3, -0.25) is 0 Å². The molecule has 0 atom stereocenters. The number of phenols is 2. The van der Waals surface area contributed by atoms with Crippen LogP contribution in [0, 0.1) is 6.92 Å². The van der Waals surface area contributed by atoms with E-state index < -0.39 is 5.63 Å². The zero-order valence-corrected chi connectivity index (χ0v) is 8.77. The Morgan fingerprint density at radius 1 is 1.31 bits per heavy atom. The highest BCUT2D eigenvalue weighted by Crippen LogP contribution is 2.40. The van der Waals surface area contributed by atoms with Crippen molar-refractivity contribution < 1.29 is 19.4 Å². The molecule has 0 saturated heterocycles. The van der Waals surface area contributed by atoms with E-state index in [-0.39, 0.29) is 22.8 Å². The third kappa shape index (κ3) is 1.37. The van der Waals surface area contributed by atoms with Crippen LogP contribution >= 0.6 is 0 Å². The van der Waals surface area contributed by atoms with Gasteiger partial charge in [0, 0.05) is 12.1 Å². The molecule has 0 amide bonds. The molecule has 0 aliphatic rings. The van der Waals surface area contributed by atoms with Gasteiger partial charge in [0.25, 0.3) is 0 Å². The van der Waals surface area contributed by atoms with Gasteiger partial charge < -0.3 is 19.4 Å². The van der Waals surface area contributed by atoms with Gasteiger partial charge >= 0.3 is 5.63 Å². The SMILES string of the molecule is COc1cc(O)c2c(C)cc(=O)oc2c1O. The average molecular weight is 222 g/mol. The van der Waals surface area contributed by atoms with Gasteiger partial charge in [-0.15, -0.1) is 0 Å². The summed E-state index contributed by atoms with van der Waals surface area (Å²) in [5.74, 6) is -0.347. The van der Waals surface area contributed by atoms with Gasteiger partial charge in [-0.25, -0.2) is 4.79 Å². The first kappa shape index (κ1) is 10.4. The number of phenolic OH excluding ortho intramolecular Hbond substituents is 2. The van der Waals surface area contributed by atoms with Crippen molar-refractivity contribution in [3.8, 4) is 17.2 Å². The Bertz CT molecular complexity index is 612. The van der Waals surface area contributed by atoms with Crippen molar-refractivity contribution in [2.45, 2.75) is 6.92 Å². The van der Waals surface area contributed by atoms with Crippen LogP contribution in [0.1, 0.15) is 5.56 Å². The number of methoxy groups -OCH3 is 1. The Hall–Kier alpha value is -2.17. The van der Waals surface area contributed by atoms with Gasteiger partial charge in [-0.2, -0.15) is 0 Å². The predicted octanol–water partition coefficient (Wildman–Crippen LogP) is 1.52. The highest BCUT2D eigenvalue weighted by molar-refractivity contribution is 5.92. The predicted molar refractivity (Wildman–Crippen MR) is 57.1 cm³/mol. The number of aromatic hydroxyl groups is 2. The maximum absolute atomic E-state index is 11.2. The fourth-order valence-corrected chi connectivity index (χ4v) is 1.63. The van der Waals surface area contributed by atoms with Crippen molar-refractivity contribution in [2.75, 3.05) is 7.11 Å². The number of hydrogen-bond donors (Lipinski definition) is 2. The quantitative estimate of drug-likeness (QED) is 0.564. The minimum absolute atomic E-state index is 0.0544. The maximum Gasteiger partial charge on any atom is 0.336 e. The number of aryl methyl sites for hydroxylation is 1. The summed E-state index contributed by atoms with van der Waals surface area (Å²) in [7, 11) is 1.34. The van der Waals surface area contributed by atoms with Crippen LogP contribution in [-0.2, 0) is 0 Å². The molecule has 84 valence electrons. The third-order valence-electron chi connectivity index (χ3n) is 2.35. The van der Waals surface area contributed by atoms with Crippen LogP contribution < -0.4 is 10.4 Å². The van der Waals surface area contributed by atoms with Gasteiger partial charge in [0.1, 0.15) is 5.75 Å². The van der Waals surface area contributed by atoms with Crippen LogP contribution in [-0.4, -0.2) is 17.3 Å². The minimum atomic E-state index is -0.590. The number of hydrogen-bond acceptors (Lipinski definition) is 5. The summed E-state index contributed by atoms with van der Waals surface area (Å²) in [4.78, 5) is 11.2. The van der Waals surface area contributed by atoms with Crippen LogP contribution in [0.2, 0.25) is 0 Å². The van der Waals surface area contributed by atoms with Gasteiger partial charge in [0.2, 0.25) is 5.75 Å². The van der Waals surface area contributed by atoms with E-state index >= 15 is 0 Å². The van der Waals surface area contributed by atoms with E-state index in [9.17, 15) is 15.0 Å². The molecule has 0 spiro atoms. The molecule has 0 saturated carbocycles. The molecule has 1 aromatic heterocycles. The molecule has 2 N–H and O–H groups in total. The smallest absolute Gasteiger partial charge is 0.336 e. The largest absolute Gasteiger partial charge is 0.507 e. The van der Waals surface area contributed by atoms with Gasteiger partial charge in [0.15, 0.2) is 11.3 Å². The van der Waals surface area contributed by atoms with Crippen LogP contribution in [0.3, 0.4) is 0 Å². The highest BCUT2D eigenvalue weighted by Gasteiger charge is 2.16. The molecule has 5 nitrogen and oxygen atoms in total. The third-order valence-corrected chi connectivity index (χ3v) is 2.35. The van der Waals surface area contributed by atoms with Crippen molar-refractivity contribution in [3.63, 3.8) is 0 Å². The molecule has 0 fully saturated rings. The van der Waals surface area contributed by atoms with Crippen LogP contribution in [0.5, 0.6) is 17.2 Å². The van der Waals surface area contributed by atoms with Gasteiger partial charge in [-0.1, -0.05) is 0 Å². The molecule has 2 rings (SSSR count). The van der Waals surface area contributed by atoms with Crippen molar-refractivity contribution in [1.29, 1.82) is 0 Å². The second-order valence-electron chi connectivity index (χ2n) is 3.40. The summed E-state index contributed by atoms with van der Waals surface area (Å²) in [6.07, 6.45) is 0. The lowest BCUT2D eigenvalue weighted by atomic mass is 10.1. The standard InChI is InChI=1S/C11H10O5/c1-5-3-8(13)16-11-9(5)6(12)4-7(15-2)10(11)14/h3-4,12,14H,1-2H3. The van der Waals surface area contributed by atoms with Crippen LogP contribution in [0.15, 0.2) is 21.3 Å². The molecule has 1 heterocycles. The summed E-state index contributed by atoms with van der Waals surface area (Å²) >= 11 is 0. The summed E-state index contributed by atoms with van der Waals surface area (Å²) in [6.45, 7) is 1.64. The second-order valence-corrected chi connectivity index (χ2v) is 3.40. The molecule has 16 heavy (non-hydrogen) atoms. The van der Waals surface area contributed by atoms with E-state index in [0.717, 1.165) is 0 Å². The normalized spacial score (nSPS) is 10.6. The average Bonchev–Trinajstić information content (AvgIpc) is 2.22. The van der Waals surface area contributed by atoms with Crippen molar-refractivity contribution in [3.05, 3.63) is 28.1 Å². The number of rotatable bonds is 1. The van der Waals surface area contributed by atoms with Gasteiger partial charge in [-0.05, 0) is 12.5 Å². The van der Waals surface area contributed by atoms with E-state index in [4.69, 9.17) is 9.15 Å². The lowest BCUT2D eigenvalue weighted by molar-refractivity contribution is 0.366. The molecule has 0 aliphatic heterocycles. The molecule has 0 unspecified atom stereocenters. The fourth-order valence-electron chi connectivity index (χ4n) is 1.63. The lowest BCUT2D eigenvalue weighted by Crippen LogP contribution is -1.98. The van der Waals surface area contributed by atoms with Crippen molar-refractivity contribution in [2.24, 2.45) is 0 Å². The Labute approximate surface area is 90.5 Å². The molecule has 1 aromatic carbocycles. The van der Waals surface area contributed by atoms with E-state index in [2.05, 4.69) is 0 Å². The summed E-state index contributed by atoms with van der Waals surface area (Å²) in [6, 6.07) is 2.51. The first-order valence-electron chi connectivity index (χ1n) is 4.58. The van der Waals surface area contributed by atoms with E-state index in [0.29, 0.717) is 10.9 Å². The van der Waals surface area contributed by atoms with Crippen LogP contribution in [0.4, 0.5) is 0 Å². The first-order chi connectivity index (χ1) is 7.54. The summed E-state index contributed by atoms with van der Waals surface area (Å²) in [5.41, 5.74) is -0.128. The molecule has 5 heteroatoms. The Balaban J connectivity index is 3.01. The number of fused-ring (bicyclic) bond motifs is 1. The molecule has 0 bridgehead atoms. The van der Waals surface area contributed by atoms with Crippen molar-refractivity contribution >= 4 is 11.0 Å².